The summed E-state index contributed by atoms with van der Waals surface area (Å²) in [6, 6.07) is 11.9. The number of nitrogens with zero attached hydrogens (tertiary/aromatic N) is 2. The van der Waals surface area contributed by atoms with Crippen LogP contribution in [0.3, 0.4) is 0 Å². The van der Waals surface area contributed by atoms with Crippen LogP contribution in [-0.2, 0) is 4.79 Å². The van der Waals surface area contributed by atoms with Gasteiger partial charge in [-0.15, -0.1) is 11.3 Å². The number of piperazine rings is 1. The zero-order valence-electron chi connectivity index (χ0n) is 18.9. The smallest absolute Gasteiger partial charge is 0.348 e. The van der Waals surface area contributed by atoms with E-state index in [1.807, 2.05) is 53.2 Å². The Morgan fingerprint density at radius 2 is 1.70 bits per heavy atom. The highest BCUT2D eigenvalue weighted by Gasteiger charge is 2.41. The summed E-state index contributed by atoms with van der Waals surface area (Å²) in [6.45, 7) is 1.19. The maximum atomic E-state index is 13.6. The normalized spacial score (nSPS) is 23.3. The molecule has 1 atom stereocenters. The quantitative estimate of drug-likeness (QED) is 0.488. The summed E-state index contributed by atoms with van der Waals surface area (Å²) >= 11 is 3.16. The van der Waals surface area contributed by atoms with Crippen LogP contribution in [-0.4, -0.2) is 45.7 Å². The lowest BCUT2D eigenvalue weighted by molar-refractivity contribution is -0.121. The summed E-state index contributed by atoms with van der Waals surface area (Å²) in [5.74, 6) is -0.478. The summed E-state index contributed by atoms with van der Waals surface area (Å²) < 4.78 is 2.29. The molecule has 0 bridgehead atoms. The van der Waals surface area contributed by atoms with Crippen molar-refractivity contribution < 1.29 is 14.7 Å². The van der Waals surface area contributed by atoms with E-state index in [2.05, 4.69) is 4.31 Å². The number of rotatable bonds is 6. The van der Waals surface area contributed by atoms with E-state index >= 15 is 0 Å². The summed E-state index contributed by atoms with van der Waals surface area (Å²) in [7, 11) is 0. The Hall–Kier alpha value is -1.83. The zero-order chi connectivity index (χ0) is 22.8. The number of benzene rings is 1. The molecule has 1 saturated heterocycles. The molecule has 1 unspecified atom stereocenters. The van der Waals surface area contributed by atoms with E-state index in [-0.39, 0.29) is 16.8 Å². The number of hydrogen-bond donors (Lipinski definition) is 1. The Labute approximate surface area is 204 Å². The molecular weight excluding hydrogens is 452 g/mol. The van der Waals surface area contributed by atoms with Gasteiger partial charge in [0.25, 0.3) is 0 Å². The maximum Gasteiger partial charge on any atom is 0.348 e. The lowest BCUT2D eigenvalue weighted by Crippen LogP contribution is -2.58. The molecule has 7 heteroatoms. The molecule has 1 amide bonds. The minimum Gasteiger partial charge on any atom is -0.477 e. The highest BCUT2D eigenvalue weighted by atomic mass is 32.2. The Bertz CT molecular complexity index is 981. The topological polar surface area (TPSA) is 60.9 Å². The third kappa shape index (κ3) is 5.00. The largest absolute Gasteiger partial charge is 0.477 e. The van der Waals surface area contributed by atoms with Gasteiger partial charge in [-0.05, 0) is 43.2 Å². The lowest BCUT2D eigenvalue weighted by atomic mass is 9.82. The van der Waals surface area contributed by atoms with E-state index in [1.165, 1.54) is 56.3 Å². The van der Waals surface area contributed by atoms with Crippen LogP contribution in [0.2, 0.25) is 0 Å². The van der Waals surface area contributed by atoms with Gasteiger partial charge in [0.1, 0.15) is 4.88 Å². The summed E-state index contributed by atoms with van der Waals surface area (Å²) in [6.07, 6.45) is 10.9. The third-order valence-corrected chi connectivity index (χ3v) is 9.83. The van der Waals surface area contributed by atoms with Crippen LogP contribution in [0.25, 0.3) is 10.4 Å². The van der Waals surface area contributed by atoms with Gasteiger partial charge in [-0.1, -0.05) is 74.4 Å². The molecular formula is C26H32N2O3S2. The highest BCUT2D eigenvalue weighted by molar-refractivity contribution is 7.97. The summed E-state index contributed by atoms with van der Waals surface area (Å²) in [4.78, 5) is 29.0. The second-order valence-corrected chi connectivity index (χ2v) is 12.0. The fraction of sp³-hybridized carbons (Fsp3) is 0.538. The van der Waals surface area contributed by atoms with Crippen molar-refractivity contribution in [3.05, 3.63) is 41.3 Å². The van der Waals surface area contributed by atoms with Crippen LogP contribution in [0.5, 0.6) is 0 Å². The predicted octanol–water partition coefficient (Wildman–Crippen LogP) is 6.30. The van der Waals surface area contributed by atoms with Gasteiger partial charge in [0, 0.05) is 16.7 Å². The monoisotopic (exact) mass is 484 g/mol. The van der Waals surface area contributed by atoms with Crippen LogP contribution in [0.1, 0.15) is 67.5 Å². The second kappa shape index (κ2) is 10.2. The zero-order valence-corrected chi connectivity index (χ0v) is 20.6. The molecule has 176 valence electrons. The van der Waals surface area contributed by atoms with Gasteiger partial charge in [-0.25, -0.2) is 9.10 Å². The van der Waals surface area contributed by atoms with Crippen LogP contribution >= 0.6 is 23.3 Å². The second-order valence-electron chi connectivity index (χ2n) is 9.56. The molecule has 0 radical (unpaired) electrons. The standard InChI is InChI=1S/C26H32N2O3S2/c29-24-17-27(33-20-13-7-8-14-20)16-22(18-9-3-1-4-10-18)28(24)21-15-23(32-25(21)26(30)31)19-11-5-2-6-12-19/h2,5-6,11-12,15,18,20,22H,1,3-4,7-10,13-14,16-17H2,(H,30,31). The van der Waals surface area contributed by atoms with Crippen molar-refractivity contribution in [2.24, 2.45) is 5.92 Å². The van der Waals surface area contributed by atoms with Gasteiger partial charge >= 0.3 is 5.97 Å². The number of amides is 1. The number of aromatic carboxylic acids is 1. The van der Waals surface area contributed by atoms with Gasteiger partial charge in [0.15, 0.2) is 0 Å². The maximum absolute atomic E-state index is 13.6. The van der Waals surface area contributed by atoms with Crippen molar-refractivity contribution in [1.82, 2.24) is 4.31 Å². The number of carbonyl (C=O) groups excluding carboxylic acids is 1. The molecule has 1 aromatic heterocycles. The highest BCUT2D eigenvalue weighted by Crippen LogP contribution is 2.43. The SMILES string of the molecule is O=C(O)c1sc(-c2ccccc2)cc1N1C(=O)CN(SC2CCCC2)CC1C1CCCCC1. The molecule has 5 nitrogen and oxygen atoms in total. The molecule has 2 aliphatic carbocycles. The van der Waals surface area contributed by atoms with E-state index < -0.39 is 5.97 Å². The fourth-order valence-electron chi connectivity index (χ4n) is 5.70. The van der Waals surface area contributed by atoms with Gasteiger partial charge in [0.05, 0.1) is 18.3 Å². The molecule has 33 heavy (non-hydrogen) atoms. The van der Waals surface area contributed by atoms with E-state index in [1.54, 1.807) is 0 Å². The van der Waals surface area contributed by atoms with Gasteiger partial charge < -0.3 is 10.0 Å². The molecule has 1 N–H and O–H groups in total. The molecule has 1 aliphatic heterocycles. The fourth-order valence-corrected chi connectivity index (χ4v) is 8.08. The molecule has 1 aromatic carbocycles. The van der Waals surface area contributed by atoms with E-state index in [4.69, 9.17) is 0 Å². The average molecular weight is 485 g/mol. The number of carboxylic acids is 1. The Morgan fingerprint density at radius 1 is 1.00 bits per heavy atom. The van der Waals surface area contributed by atoms with Crippen molar-refractivity contribution >= 4 is 40.8 Å². The Morgan fingerprint density at radius 3 is 2.39 bits per heavy atom. The molecule has 2 heterocycles. The summed E-state index contributed by atoms with van der Waals surface area (Å²) in [5, 5.41) is 10.7. The minimum atomic E-state index is -0.949. The van der Waals surface area contributed by atoms with E-state index in [0.717, 1.165) is 29.8 Å². The minimum absolute atomic E-state index is 0.0387. The Kier molecular flexibility index (Phi) is 7.09. The molecule has 0 spiro atoms. The number of hydrogen-bond acceptors (Lipinski definition) is 5. The average Bonchev–Trinajstić information content (AvgIpc) is 3.50. The number of carbonyl (C=O) groups is 2. The van der Waals surface area contributed by atoms with Crippen LogP contribution < -0.4 is 4.90 Å². The number of anilines is 1. The predicted molar refractivity (Wildman–Crippen MR) is 136 cm³/mol. The molecule has 3 fully saturated rings. The number of carboxylic acid groups (broad SMARTS) is 1. The third-order valence-electron chi connectivity index (χ3n) is 7.32. The first-order chi connectivity index (χ1) is 16.1. The molecule has 3 aliphatic rings. The van der Waals surface area contributed by atoms with Crippen LogP contribution in [0.15, 0.2) is 36.4 Å². The van der Waals surface area contributed by atoms with E-state index in [0.29, 0.717) is 23.4 Å². The van der Waals surface area contributed by atoms with Gasteiger partial charge in [-0.2, -0.15) is 0 Å². The van der Waals surface area contributed by atoms with Crippen molar-refractivity contribution in [2.45, 2.75) is 69.1 Å². The molecule has 2 saturated carbocycles. The van der Waals surface area contributed by atoms with E-state index in [9.17, 15) is 14.7 Å². The van der Waals surface area contributed by atoms with Gasteiger partial charge in [-0.3, -0.25) is 4.79 Å². The number of thiophene rings is 1. The first-order valence-electron chi connectivity index (χ1n) is 12.3. The summed E-state index contributed by atoms with van der Waals surface area (Å²) in [5.41, 5.74) is 1.59. The lowest BCUT2D eigenvalue weighted by Gasteiger charge is -2.45. The molecule has 2 aromatic rings. The van der Waals surface area contributed by atoms with Crippen molar-refractivity contribution in [3.8, 4) is 10.4 Å². The van der Waals surface area contributed by atoms with Crippen LogP contribution in [0.4, 0.5) is 5.69 Å². The van der Waals surface area contributed by atoms with Gasteiger partial charge in [0.2, 0.25) is 5.91 Å². The van der Waals surface area contributed by atoms with Crippen molar-refractivity contribution in [3.63, 3.8) is 0 Å². The van der Waals surface area contributed by atoms with Crippen molar-refractivity contribution in [2.75, 3.05) is 18.0 Å². The van der Waals surface area contributed by atoms with Crippen LogP contribution in [0, 0.1) is 5.92 Å². The van der Waals surface area contributed by atoms with Crippen molar-refractivity contribution in [1.29, 1.82) is 0 Å². The first kappa shape index (κ1) is 22.9. The Balaban J connectivity index is 1.48. The first-order valence-corrected chi connectivity index (χ1v) is 13.9. The molecule has 5 rings (SSSR count).